The molecule has 0 N–H and O–H groups in total. The lowest BCUT2D eigenvalue weighted by Gasteiger charge is -2.31. The molecule has 4 rings (SSSR count). The number of ether oxygens (including phenoxy) is 2. The summed E-state index contributed by atoms with van der Waals surface area (Å²) in [5.74, 6) is 0.112. The van der Waals surface area contributed by atoms with Crippen LogP contribution in [0.3, 0.4) is 0 Å². The molecule has 0 saturated heterocycles. The van der Waals surface area contributed by atoms with Gasteiger partial charge in [0.15, 0.2) is 18.1 Å². The summed E-state index contributed by atoms with van der Waals surface area (Å²) in [4.78, 5) is 36.8. The molecule has 0 fully saturated rings. The van der Waals surface area contributed by atoms with Gasteiger partial charge >= 0.3 is 0 Å². The molecule has 32 heavy (non-hydrogen) atoms. The van der Waals surface area contributed by atoms with Crippen LogP contribution in [0, 0.1) is 17.0 Å². The highest BCUT2D eigenvalue weighted by atomic mass is 16.6. The van der Waals surface area contributed by atoms with Crippen LogP contribution in [-0.2, 0) is 11.3 Å². The van der Waals surface area contributed by atoms with Crippen molar-refractivity contribution in [2.24, 2.45) is 0 Å². The Hall–Kier alpha value is -4.28. The summed E-state index contributed by atoms with van der Waals surface area (Å²) in [7, 11) is 1.46. The smallest absolute Gasteiger partial charge is 0.271 e. The number of non-ortho nitro benzene ring substituents is 1. The summed E-state index contributed by atoms with van der Waals surface area (Å²) in [6.45, 7) is 3.02. The monoisotopic (exact) mass is 437 g/mol. The maximum Gasteiger partial charge on any atom is 0.271 e. The second-order valence-corrected chi connectivity index (χ2v) is 7.20. The SMILES string of the molecule is COc1ccc(C(C)=O)c2c1N(Cc1cn(-c3cc([N+](=O)[O-])ccc3C)nn1)C(=O)CO2. The van der Waals surface area contributed by atoms with E-state index in [1.54, 1.807) is 31.3 Å². The van der Waals surface area contributed by atoms with Crippen LogP contribution in [0.4, 0.5) is 11.4 Å². The molecule has 164 valence electrons. The number of methoxy groups -OCH3 is 1. The number of anilines is 1. The van der Waals surface area contributed by atoms with Crippen molar-refractivity contribution < 1.29 is 24.0 Å². The zero-order valence-corrected chi connectivity index (χ0v) is 17.6. The average Bonchev–Trinajstić information content (AvgIpc) is 3.23. The minimum absolute atomic E-state index is 0.0425. The second kappa shape index (κ2) is 8.10. The number of aryl methyl sites for hydroxylation is 1. The van der Waals surface area contributed by atoms with E-state index in [4.69, 9.17) is 9.47 Å². The lowest BCUT2D eigenvalue weighted by atomic mass is 10.1. The summed E-state index contributed by atoms with van der Waals surface area (Å²) in [6.07, 6.45) is 1.59. The number of nitro benzene ring substituents is 1. The van der Waals surface area contributed by atoms with Crippen molar-refractivity contribution in [2.75, 3.05) is 18.6 Å². The molecule has 0 radical (unpaired) electrons. The third-order valence-corrected chi connectivity index (χ3v) is 5.12. The summed E-state index contributed by atoms with van der Waals surface area (Å²) >= 11 is 0. The fourth-order valence-electron chi connectivity index (χ4n) is 3.51. The van der Waals surface area contributed by atoms with Gasteiger partial charge in [-0.05, 0) is 31.5 Å². The predicted octanol–water partition coefficient (Wildman–Crippen LogP) is 2.62. The van der Waals surface area contributed by atoms with E-state index in [1.807, 2.05) is 0 Å². The number of amides is 1. The number of ketones is 1. The summed E-state index contributed by atoms with van der Waals surface area (Å²) in [5.41, 5.74) is 2.33. The molecule has 11 nitrogen and oxygen atoms in total. The van der Waals surface area contributed by atoms with Gasteiger partial charge in [-0.25, -0.2) is 4.68 Å². The first-order chi connectivity index (χ1) is 15.3. The topological polar surface area (TPSA) is 130 Å². The minimum Gasteiger partial charge on any atom is -0.494 e. The average molecular weight is 437 g/mol. The van der Waals surface area contributed by atoms with Crippen LogP contribution in [0.15, 0.2) is 36.5 Å². The number of Topliss-reactive ketones (excluding diaryl/α,β-unsaturated/α-hetero) is 1. The largest absolute Gasteiger partial charge is 0.494 e. The van der Waals surface area contributed by atoms with Gasteiger partial charge in [-0.1, -0.05) is 11.3 Å². The number of hydrogen-bond acceptors (Lipinski definition) is 8. The maximum absolute atomic E-state index is 12.7. The van der Waals surface area contributed by atoms with Gasteiger partial charge in [0.1, 0.15) is 17.1 Å². The number of aromatic nitrogens is 3. The molecule has 2 heterocycles. The van der Waals surface area contributed by atoms with Crippen molar-refractivity contribution in [1.29, 1.82) is 0 Å². The Balaban J connectivity index is 1.72. The molecular formula is C21H19N5O6. The third-order valence-electron chi connectivity index (χ3n) is 5.12. The standard InChI is InChI=1S/C21H19N5O6/c1-12-4-5-15(26(29)30)8-17(12)25-10-14(22-23-25)9-24-19(28)11-32-21-16(13(2)27)6-7-18(31-3)20(21)24/h4-8,10H,9,11H2,1-3H3. The molecule has 3 aromatic rings. The lowest BCUT2D eigenvalue weighted by Crippen LogP contribution is -2.39. The highest BCUT2D eigenvalue weighted by Gasteiger charge is 2.32. The Morgan fingerprint density at radius 3 is 2.78 bits per heavy atom. The van der Waals surface area contributed by atoms with E-state index in [1.165, 1.54) is 35.7 Å². The van der Waals surface area contributed by atoms with E-state index in [2.05, 4.69) is 10.3 Å². The molecule has 2 aromatic carbocycles. The van der Waals surface area contributed by atoms with Crippen LogP contribution in [0.2, 0.25) is 0 Å². The number of hydrogen-bond donors (Lipinski definition) is 0. The molecule has 11 heteroatoms. The number of carbonyl (C=O) groups excluding carboxylic acids is 2. The number of nitro groups is 1. The molecule has 0 aliphatic carbocycles. The normalized spacial score (nSPS) is 12.8. The van der Waals surface area contributed by atoms with E-state index in [0.717, 1.165) is 5.56 Å². The maximum atomic E-state index is 12.7. The molecule has 0 saturated carbocycles. The molecule has 1 amide bonds. The van der Waals surface area contributed by atoms with E-state index in [9.17, 15) is 19.7 Å². The van der Waals surface area contributed by atoms with Crippen molar-refractivity contribution in [2.45, 2.75) is 20.4 Å². The summed E-state index contributed by atoms with van der Waals surface area (Å²) in [5, 5.41) is 19.3. The first-order valence-electron chi connectivity index (χ1n) is 9.62. The number of carbonyl (C=O) groups is 2. The molecule has 0 atom stereocenters. The Bertz CT molecular complexity index is 1250. The molecule has 0 bridgehead atoms. The number of fused-ring (bicyclic) bond motifs is 1. The zero-order valence-electron chi connectivity index (χ0n) is 17.6. The number of benzene rings is 2. The van der Waals surface area contributed by atoms with Crippen molar-refractivity contribution in [3.63, 3.8) is 0 Å². The molecule has 0 unspecified atom stereocenters. The van der Waals surface area contributed by atoms with Crippen LogP contribution in [0.25, 0.3) is 5.69 Å². The Morgan fingerprint density at radius 1 is 1.31 bits per heavy atom. The van der Waals surface area contributed by atoms with Crippen LogP contribution in [0.5, 0.6) is 11.5 Å². The third kappa shape index (κ3) is 3.64. The van der Waals surface area contributed by atoms with Gasteiger partial charge in [-0.3, -0.25) is 24.6 Å². The minimum atomic E-state index is -0.483. The molecular weight excluding hydrogens is 418 g/mol. The van der Waals surface area contributed by atoms with Gasteiger partial charge in [0.05, 0.1) is 36.0 Å². The van der Waals surface area contributed by atoms with Gasteiger partial charge in [-0.15, -0.1) is 5.10 Å². The van der Waals surface area contributed by atoms with E-state index >= 15 is 0 Å². The van der Waals surface area contributed by atoms with Gasteiger partial charge in [0.2, 0.25) is 0 Å². The highest BCUT2D eigenvalue weighted by Crippen LogP contribution is 2.43. The van der Waals surface area contributed by atoms with Gasteiger partial charge < -0.3 is 9.47 Å². The first kappa shape index (κ1) is 21.0. The fraction of sp³-hybridized carbons (Fsp3) is 0.238. The first-order valence-corrected chi connectivity index (χ1v) is 9.62. The number of rotatable bonds is 6. The molecule has 1 aromatic heterocycles. The van der Waals surface area contributed by atoms with E-state index in [-0.39, 0.29) is 36.3 Å². The van der Waals surface area contributed by atoms with Gasteiger partial charge in [0.25, 0.3) is 11.6 Å². The molecule has 0 spiro atoms. The van der Waals surface area contributed by atoms with Crippen LogP contribution in [0.1, 0.15) is 28.5 Å². The summed E-state index contributed by atoms with van der Waals surface area (Å²) < 4.78 is 12.4. The Morgan fingerprint density at radius 2 is 2.09 bits per heavy atom. The van der Waals surface area contributed by atoms with E-state index in [0.29, 0.717) is 28.4 Å². The van der Waals surface area contributed by atoms with Gasteiger partial charge in [-0.2, -0.15) is 0 Å². The van der Waals surface area contributed by atoms with Crippen molar-refractivity contribution in [3.8, 4) is 17.2 Å². The predicted molar refractivity (Wildman–Crippen MR) is 112 cm³/mol. The van der Waals surface area contributed by atoms with Crippen molar-refractivity contribution in [1.82, 2.24) is 15.0 Å². The van der Waals surface area contributed by atoms with Crippen molar-refractivity contribution >= 4 is 23.1 Å². The van der Waals surface area contributed by atoms with Crippen molar-refractivity contribution in [3.05, 3.63) is 63.5 Å². The second-order valence-electron chi connectivity index (χ2n) is 7.20. The summed E-state index contributed by atoms with van der Waals surface area (Å²) in [6, 6.07) is 7.65. The fourth-order valence-corrected chi connectivity index (χ4v) is 3.51. The Kier molecular flexibility index (Phi) is 5.31. The zero-order chi connectivity index (χ0) is 23.0. The van der Waals surface area contributed by atoms with Crippen LogP contribution in [-0.4, -0.2) is 45.3 Å². The van der Waals surface area contributed by atoms with Crippen LogP contribution >= 0.6 is 0 Å². The van der Waals surface area contributed by atoms with E-state index < -0.39 is 4.92 Å². The highest BCUT2D eigenvalue weighted by molar-refractivity contribution is 6.05. The Labute approximate surface area is 182 Å². The van der Waals surface area contributed by atoms with Gasteiger partial charge in [0, 0.05) is 12.1 Å². The quantitative estimate of drug-likeness (QED) is 0.327. The number of nitrogens with zero attached hydrogens (tertiary/aromatic N) is 5. The molecule has 1 aliphatic heterocycles. The lowest BCUT2D eigenvalue weighted by molar-refractivity contribution is -0.384. The van der Waals surface area contributed by atoms with Crippen LogP contribution < -0.4 is 14.4 Å². The molecule has 1 aliphatic rings.